The minimum absolute atomic E-state index is 0.0183. The minimum atomic E-state index is 0.0183. The second-order valence-corrected chi connectivity index (χ2v) is 8.56. The smallest absolute Gasteiger partial charge is 0.251 e. The van der Waals surface area contributed by atoms with Gasteiger partial charge in [0.05, 0.1) is 0 Å². The van der Waals surface area contributed by atoms with Crippen LogP contribution in [0.1, 0.15) is 35.8 Å². The molecule has 0 saturated carbocycles. The van der Waals surface area contributed by atoms with Crippen molar-refractivity contribution < 1.29 is 4.79 Å². The van der Waals surface area contributed by atoms with Crippen LogP contribution in [-0.2, 0) is 4.79 Å². The number of hydrogen-bond donors (Lipinski definition) is 1. The molecule has 0 atom stereocenters. The Morgan fingerprint density at radius 2 is 1.89 bits per heavy atom. The summed E-state index contributed by atoms with van der Waals surface area (Å²) in [6.07, 6.45) is 6.29. The Hall–Kier alpha value is -2.43. The van der Waals surface area contributed by atoms with Gasteiger partial charge in [0.1, 0.15) is 0 Å². The molecule has 0 fully saturated rings. The Kier molecular flexibility index (Phi) is 5.37. The molecule has 0 radical (unpaired) electrons. The van der Waals surface area contributed by atoms with E-state index in [1.54, 1.807) is 22.7 Å². The zero-order chi connectivity index (χ0) is 18.6. The fraction of sp³-hybridized carbons (Fsp3) is 0.174. The van der Waals surface area contributed by atoms with Gasteiger partial charge in [-0.2, -0.15) is 0 Å². The highest BCUT2D eigenvalue weighted by molar-refractivity contribution is 7.21. The van der Waals surface area contributed by atoms with Gasteiger partial charge in [0.2, 0.25) is 0 Å². The summed E-state index contributed by atoms with van der Waals surface area (Å²) < 4.78 is 0. The van der Waals surface area contributed by atoms with Crippen LogP contribution in [0.3, 0.4) is 0 Å². The van der Waals surface area contributed by atoms with Crippen LogP contribution in [0.4, 0.5) is 0 Å². The molecule has 1 aliphatic rings. The monoisotopic (exact) mass is 391 g/mol. The number of nitrogens with one attached hydrogen (secondary N) is 1. The fourth-order valence-electron chi connectivity index (χ4n) is 3.20. The van der Waals surface area contributed by atoms with E-state index in [1.807, 2.05) is 24.3 Å². The number of carbonyl (C=O) groups excluding carboxylic acids is 1. The minimum Gasteiger partial charge on any atom is -0.352 e. The highest BCUT2D eigenvalue weighted by Gasteiger charge is 2.23. The molecule has 27 heavy (non-hydrogen) atoms. The molecule has 4 heteroatoms. The lowest BCUT2D eigenvalue weighted by atomic mass is 10.0. The van der Waals surface area contributed by atoms with Crippen LogP contribution < -0.4 is 5.32 Å². The molecule has 3 aromatic rings. The molecule has 0 spiro atoms. The van der Waals surface area contributed by atoms with Gasteiger partial charge in [0.15, 0.2) is 0 Å². The van der Waals surface area contributed by atoms with E-state index < -0.39 is 0 Å². The molecule has 1 aromatic carbocycles. The van der Waals surface area contributed by atoms with Gasteiger partial charge in [-0.25, -0.2) is 0 Å². The average molecular weight is 392 g/mol. The highest BCUT2D eigenvalue weighted by Crippen LogP contribution is 2.38. The predicted octanol–water partition coefficient (Wildman–Crippen LogP) is 6.33. The first-order valence-corrected chi connectivity index (χ1v) is 10.9. The van der Waals surface area contributed by atoms with Crippen LogP contribution in [0.2, 0.25) is 0 Å². The molecule has 0 aliphatic heterocycles. The van der Waals surface area contributed by atoms with Gasteiger partial charge in [-0.1, -0.05) is 43.7 Å². The summed E-state index contributed by atoms with van der Waals surface area (Å²) in [5.74, 6) is 0.0183. The third-order valence-corrected chi connectivity index (χ3v) is 6.68. The third kappa shape index (κ3) is 3.82. The van der Waals surface area contributed by atoms with E-state index in [4.69, 9.17) is 0 Å². The second kappa shape index (κ2) is 8.07. The first kappa shape index (κ1) is 18.0. The second-order valence-electron chi connectivity index (χ2n) is 6.49. The van der Waals surface area contributed by atoms with Crippen molar-refractivity contribution in [3.63, 3.8) is 0 Å². The van der Waals surface area contributed by atoms with Gasteiger partial charge in [0, 0.05) is 26.7 Å². The summed E-state index contributed by atoms with van der Waals surface area (Å²) in [4.78, 5) is 16.4. The summed E-state index contributed by atoms with van der Waals surface area (Å²) in [6, 6.07) is 16.7. The number of hydrogen-bond acceptors (Lipinski definition) is 3. The standard InChI is InChI=1S/C23H21NOS2/c1-2-3-12-24-23(25)20-15-16(18-7-4-5-8-19(18)20)14-17-10-11-22(27-17)21-9-6-13-26-21/h4-11,13-15H,2-3,12H2,1H3,(H,24,25)/b16-14+. The molecular formula is C23H21NOS2. The maximum absolute atomic E-state index is 12.6. The van der Waals surface area contributed by atoms with E-state index in [0.29, 0.717) is 0 Å². The Labute approximate surface area is 167 Å². The summed E-state index contributed by atoms with van der Waals surface area (Å²) >= 11 is 3.54. The lowest BCUT2D eigenvalue weighted by Crippen LogP contribution is -2.24. The van der Waals surface area contributed by atoms with Crippen molar-refractivity contribution in [1.29, 1.82) is 0 Å². The van der Waals surface area contributed by atoms with Gasteiger partial charge < -0.3 is 5.32 Å². The fourth-order valence-corrected chi connectivity index (χ4v) is 4.99. The van der Waals surface area contributed by atoms with Crippen LogP contribution in [0.25, 0.3) is 27.0 Å². The van der Waals surface area contributed by atoms with Crippen LogP contribution in [-0.4, -0.2) is 12.5 Å². The van der Waals surface area contributed by atoms with E-state index in [2.05, 4.69) is 54.0 Å². The van der Waals surface area contributed by atoms with Crippen molar-refractivity contribution in [3.8, 4) is 9.75 Å². The van der Waals surface area contributed by atoms with Crippen LogP contribution in [0.15, 0.2) is 60.0 Å². The zero-order valence-corrected chi connectivity index (χ0v) is 16.8. The Morgan fingerprint density at radius 1 is 1.04 bits per heavy atom. The van der Waals surface area contributed by atoms with Crippen molar-refractivity contribution in [3.05, 3.63) is 76.0 Å². The van der Waals surface area contributed by atoms with Crippen molar-refractivity contribution in [1.82, 2.24) is 5.32 Å². The van der Waals surface area contributed by atoms with Crippen molar-refractivity contribution in [2.45, 2.75) is 19.8 Å². The first-order valence-electron chi connectivity index (χ1n) is 9.21. The Bertz CT molecular complexity index is 1010. The quantitative estimate of drug-likeness (QED) is 0.489. The van der Waals surface area contributed by atoms with Gasteiger partial charge in [-0.05, 0) is 58.9 Å². The average Bonchev–Trinajstić information content (AvgIpc) is 3.42. The lowest BCUT2D eigenvalue weighted by Gasteiger charge is -2.06. The molecule has 0 saturated heterocycles. The van der Waals surface area contributed by atoms with Gasteiger partial charge >= 0.3 is 0 Å². The molecule has 0 unspecified atom stereocenters. The van der Waals surface area contributed by atoms with E-state index in [9.17, 15) is 4.79 Å². The molecule has 2 nitrogen and oxygen atoms in total. The number of unbranched alkanes of at least 4 members (excludes halogenated alkanes) is 1. The molecule has 1 amide bonds. The third-order valence-electron chi connectivity index (χ3n) is 4.58. The molecular weight excluding hydrogens is 370 g/mol. The van der Waals surface area contributed by atoms with Crippen molar-refractivity contribution >= 4 is 45.8 Å². The number of carbonyl (C=O) groups is 1. The summed E-state index contributed by atoms with van der Waals surface area (Å²) in [7, 11) is 0. The van der Waals surface area contributed by atoms with Gasteiger partial charge in [0.25, 0.3) is 5.91 Å². The van der Waals surface area contributed by atoms with Gasteiger partial charge in [-0.3, -0.25) is 4.79 Å². The Balaban J connectivity index is 1.64. The number of benzene rings is 1. The van der Waals surface area contributed by atoms with Crippen molar-refractivity contribution in [2.75, 3.05) is 6.54 Å². The molecule has 0 bridgehead atoms. The van der Waals surface area contributed by atoms with Gasteiger partial charge in [-0.15, -0.1) is 22.7 Å². The maximum atomic E-state index is 12.6. The van der Waals surface area contributed by atoms with Crippen LogP contribution >= 0.6 is 22.7 Å². The first-order chi connectivity index (χ1) is 13.3. The van der Waals surface area contributed by atoms with E-state index >= 15 is 0 Å². The molecule has 2 heterocycles. The van der Waals surface area contributed by atoms with E-state index in [1.165, 1.54) is 14.6 Å². The van der Waals surface area contributed by atoms with Crippen LogP contribution in [0.5, 0.6) is 0 Å². The van der Waals surface area contributed by atoms with Crippen molar-refractivity contribution in [2.24, 2.45) is 0 Å². The maximum Gasteiger partial charge on any atom is 0.251 e. The normalized spacial score (nSPS) is 14.3. The molecule has 2 aromatic heterocycles. The van der Waals surface area contributed by atoms with E-state index in [0.717, 1.165) is 41.7 Å². The van der Waals surface area contributed by atoms with Crippen LogP contribution in [0, 0.1) is 0 Å². The topological polar surface area (TPSA) is 29.1 Å². The highest BCUT2D eigenvalue weighted by atomic mass is 32.1. The largest absolute Gasteiger partial charge is 0.352 e. The molecule has 1 N–H and O–H groups in total. The number of fused-ring (bicyclic) bond motifs is 1. The zero-order valence-electron chi connectivity index (χ0n) is 15.2. The Morgan fingerprint density at radius 3 is 2.67 bits per heavy atom. The predicted molar refractivity (Wildman–Crippen MR) is 118 cm³/mol. The number of thiophene rings is 2. The number of allylic oxidation sites excluding steroid dienone is 2. The molecule has 4 rings (SSSR count). The number of amides is 1. The molecule has 136 valence electrons. The molecule has 1 aliphatic carbocycles. The summed E-state index contributed by atoms with van der Waals surface area (Å²) in [5, 5.41) is 5.15. The SMILES string of the molecule is CCCCNC(=O)C1=C/C(=C\c2ccc(-c3cccs3)s2)c2ccccc21. The lowest BCUT2D eigenvalue weighted by molar-refractivity contribution is -0.115. The summed E-state index contributed by atoms with van der Waals surface area (Å²) in [5.41, 5.74) is 4.02. The summed E-state index contributed by atoms with van der Waals surface area (Å²) in [6.45, 7) is 2.85. The number of rotatable bonds is 6. The van der Waals surface area contributed by atoms with E-state index in [-0.39, 0.29) is 5.91 Å².